The Hall–Kier alpha value is -1.60. The third-order valence-electron chi connectivity index (χ3n) is 2.30. The fourth-order valence-electron chi connectivity index (χ4n) is 1.62. The summed E-state index contributed by atoms with van der Waals surface area (Å²) in [6.07, 6.45) is 1.51. The molecule has 0 aliphatic rings. The molecule has 2 unspecified atom stereocenters. The van der Waals surface area contributed by atoms with Gasteiger partial charge in [0.15, 0.2) is 0 Å². The van der Waals surface area contributed by atoms with E-state index < -0.39 is 22.7 Å². The minimum Gasteiger partial charge on any atom is -0.481 e. The molecule has 2 atom stereocenters. The first-order valence-electron chi connectivity index (χ1n) is 5.12. The standard InChI is InChI=1S/C13H14O3S/c1-3-6-10(9-13(14)15)11-7-4-5-8-12(11)17(2)16/h4-5,7-8,10H,9H2,1-2H3,(H,14,15). The Morgan fingerprint density at radius 1 is 1.47 bits per heavy atom. The van der Waals surface area contributed by atoms with E-state index in [1.165, 1.54) is 0 Å². The van der Waals surface area contributed by atoms with Crippen LogP contribution in [0.1, 0.15) is 24.8 Å². The van der Waals surface area contributed by atoms with Crippen LogP contribution < -0.4 is 0 Å². The highest BCUT2D eigenvalue weighted by Crippen LogP contribution is 2.24. The molecule has 0 aromatic heterocycles. The number of hydrogen-bond donors (Lipinski definition) is 1. The van der Waals surface area contributed by atoms with Crippen molar-refractivity contribution in [2.24, 2.45) is 0 Å². The van der Waals surface area contributed by atoms with E-state index in [9.17, 15) is 9.00 Å². The third kappa shape index (κ3) is 3.72. The van der Waals surface area contributed by atoms with Gasteiger partial charge in [0.2, 0.25) is 0 Å². The Labute approximate surface area is 103 Å². The molecule has 0 spiro atoms. The highest BCUT2D eigenvalue weighted by molar-refractivity contribution is 7.84. The SMILES string of the molecule is CC#CC(CC(=O)O)c1ccccc1S(C)=O. The van der Waals surface area contributed by atoms with Crippen LogP contribution in [0, 0.1) is 11.8 Å². The van der Waals surface area contributed by atoms with Crippen molar-refractivity contribution >= 4 is 16.8 Å². The molecule has 4 heteroatoms. The van der Waals surface area contributed by atoms with E-state index in [1.54, 1.807) is 37.4 Å². The summed E-state index contributed by atoms with van der Waals surface area (Å²) in [5.74, 6) is 4.27. The average molecular weight is 250 g/mol. The van der Waals surface area contributed by atoms with Crippen LogP contribution in [-0.4, -0.2) is 21.5 Å². The molecule has 0 aliphatic heterocycles. The van der Waals surface area contributed by atoms with Crippen molar-refractivity contribution in [3.63, 3.8) is 0 Å². The van der Waals surface area contributed by atoms with Crippen LogP contribution in [0.3, 0.4) is 0 Å². The number of aliphatic carboxylic acids is 1. The van der Waals surface area contributed by atoms with Crippen molar-refractivity contribution in [3.05, 3.63) is 29.8 Å². The van der Waals surface area contributed by atoms with Gasteiger partial charge in [-0.25, -0.2) is 0 Å². The first kappa shape index (κ1) is 13.5. The molecule has 0 saturated carbocycles. The molecule has 0 fully saturated rings. The van der Waals surface area contributed by atoms with E-state index in [2.05, 4.69) is 11.8 Å². The first-order valence-corrected chi connectivity index (χ1v) is 6.68. The summed E-state index contributed by atoms with van der Waals surface area (Å²) in [6, 6.07) is 7.13. The number of carboxylic acids is 1. The highest BCUT2D eigenvalue weighted by Gasteiger charge is 2.17. The summed E-state index contributed by atoms with van der Waals surface area (Å²) in [6.45, 7) is 1.67. The van der Waals surface area contributed by atoms with Crippen molar-refractivity contribution in [2.75, 3.05) is 6.26 Å². The van der Waals surface area contributed by atoms with Gasteiger partial charge in [0, 0.05) is 11.2 Å². The van der Waals surface area contributed by atoms with Gasteiger partial charge in [-0.15, -0.1) is 5.92 Å². The van der Waals surface area contributed by atoms with Gasteiger partial charge in [-0.05, 0) is 18.6 Å². The number of hydrogen-bond acceptors (Lipinski definition) is 2. The summed E-state index contributed by atoms with van der Waals surface area (Å²) < 4.78 is 11.6. The maximum absolute atomic E-state index is 11.6. The molecular formula is C13H14O3S. The van der Waals surface area contributed by atoms with E-state index in [-0.39, 0.29) is 6.42 Å². The fraction of sp³-hybridized carbons (Fsp3) is 0.308. The van der Waals surface area contributed by atoms with Crippen LogP contribution in [0.4, 0.5) is 0 Å². The smallest absolute Gasteiger partial charge is 0.304 e. The fourth-order valence-corrected chi connectivity index (χ4v) is 2.43. The van der Waals surface area contributed by atoms with Crippen LogP contribution in [0.15, 0.2) is 29.2 Å². The van der Waals surface area contributed by atoms with Crippen molar-refractivity contribution in [1.29, 1.82) is 0 Å². The topological polar surface area (TPSA) is 54.4 Å². The Morgan fingerprint density at radius 2 is 2.12 bits per heavy atom. The molecule has 0 saturated heterocycles. The molecule has 0 aliphatic carbocycles. The zero-order valence-electron chi connectivity index (χ0n) is 9.77. The van der Waals surface area contributed by atoms with Crippen molar-refractivity contribution < 1.29 is 14.1 Å². The maximum atomic E-state index is 11.6. The second-order valence-electron chi connectivity index (χ2n) is 3.54. The first-order chi connectivity index (χ1) is 8.06. The normalized spacial score (nSPS) is 13.3. The Bertz CT molecular complexity index is 497. The molecule has 0 heterocycles. The quantitative estimate of drug-likeness (QED) is 0.832. The summed E-state index contributed by atoms with van der Waals surface area (Å²) in [5.41, 5.74) is 0.741. The van der Waals surface area contributed by atoms with E-state index in [0.29, 0.717) is 4.90 Å². The van der Waals surface area contributed by atoms with E-state index in [1.807, 2.05) is 0 Å². The van der Waals surface area contributed by atoms with Crippen molar-refractivity contribution in [1.82, 2.24) is 0 Å². The van der Waals surface area contributed by atoms with E-state index >= 15 is 0 Å². The van der Waals surface area contributed by atoms with Crippen molar-refractivity contribution in [3.8, 4) is 11.8 Å². The predicted molar refractivity (Wildman–Crippen MR) is 67.2 cm³/mol. The molecule has 0 bridgehead atoms. The lowest BCUT2D eigenvalue weighted by Gasteiger charge is -2.12. The zero-order chi connectivity index (χ0) is 12.8. The van der Waals surface area contributed by atoms with Gasteiger partial charge in [-0.2, -0.15) is 0 Å². The number of carbonyl (C=O) groups is 1. The Morgan fingerprint density at radius 3 is 2.65 bits per heavy atom. The molecule has 0 radical (unpaired) electrons. The van der Waals surface area contributed by atoms with Crippen LogP contribution >= 0.6 is 0 Å². The minimum absolute atomic E-state index is 0.0744. The zero-order valence-corrected chi connectivity index (χ0v) is 10.6. The second kappa shape index (κ2) is 6.21. The number of benzene rings is 1. The summed E-state index contributed by atoms with van der Waals surface area (Å²) in [7, 11) is -1.14. The lowest BCUT2D eigenvalue weighted by atomic mass is 9.96. The van der Waals surface area contributed by atoms with Gasteiger partial charge in [0.05, 0.1) is 23.1 Å². The van der Waals surface area contributed by atoms with Crippen molar-refractivity contribution in [2.45, 2.75) is 24.2 Å². The van der Waals surface area contributed by atoms with Crippen LogP contribution in [0.25, 0.3) is 0 Å². The average Bonchev–Trinajstić information content (AvgIpc) is 2.28. The molecule has 0 amide bonds. The summed E-state index contributed by atoms with van der Waals surface area (Å²) in [5, 5.41) is 8.86. The molecular weight excluding hydrogens is 236 g/mol. The number of rotatable bonds is 4. The summed E-state index contributed by atoms with van der Waals surface area (Å²) >= 11 is 0. The van der Waals surface area contributed by atoms with Gasteiger partial charge in [0.25, 0.3) is 0 Å². The monoisotopic (exact) mass is 250 g/mol. The van der Waals surface area contributed by atoms with Gasteiger partial charge in [-0.3, -0.25) is 9.00 Å². The van der Waals surface area contributed by atoms with Gasteiger partial charge in [0.1, 0.15) is 0 Å². The van der Waals surface area contributed by atoms with E-state index in [4.69, 9.17) is 5.11 Å². The molecule has 1 aromatic rings. The molecule has 1 N–H and O–H groups in total. The van der Waals surface area contributed by atoms with E-state index in [0.717, 1.165) is 5.56 Å². The predicted octanol–water partition coefficient (Wildman–Crippen LogP) is 2.01. The summed E-state index contributed by atoms with van der Waals surface area (Å²) in [4.78, 5) is 11.4. The Kier molecular flexibility index (Phi) is 4.92. The largest absolute Gasteiger partial charge is 0.481 e. The van der Waals surface area contributed by atoms with Crippen LogP contribution in [0.2, 0.25) is 0 Å². The highest BCUT2D eigenvalue weighted by atomic mass is 32.2. The minimum atomic E-state index is -1.14. The molecule has 90 valence electrons. The Balaban J connectivity index is 3.20. The second-order valence-corrected chi connectivity index (χ2v) is 4.88. The lowest BCUT2D eigenvalue weighted by Crippen LogP contribution is -2.07. The maximum Gasteiger partial charge on any atom is 0.304 e. The lowest BCUT2D eigenvalue weighted by molar-refractivity contribution is -0.137. The van der Waals surface area contributed by atoms with Gasteiger partial charge >= 0.3 is 5.97 Å². The number of carboxylic acid groups (broad SMARTS) is 1. The molecule has 1 aromatic carbocycles. The third-order valence-corrected chi connectivity index (χ3v) is 3.29. The van der Waals surface area contributed by atoms with Gasteiger partial charge in [-0.1, -0.05) is 24.1 Å². The molecule has 3 nitrogen and oxygen atoms in total. The van der Waals surface area contributed by atoms with Crippen LogP contribution in [0.5, 0.6) is 0 Å². The van der Waals surface area contributed by atoms with Crippen LogP contribution in [-0.2, 0) is 15.6 Å². The molecule has 1 rings (SSSR count). The van der Waals surface area contributed by atoms with Gasteiger partial charge < -0.3 is 5.11 Å². The molecule has 17 heavy (non-hydrogen) atoms.